The highest BCUT2D eigenvalue weighted by molar-refractivity contribution is 5.99. The summed E-state index contributed by atoms with van der Waals surface area (Å²) in [5, 5.41) is 9.78. The molecule has 1 aliphatic heterocycles. The molecule has 1 aromatic carbocycles. The van der Waals surface area contributed by atoms with E-state index < -0.39 is 23.4 Å². The number of aromatic nitrogens is 1. The van der Waals surface area contributed by atoms with Crippen molar-refractivity contribution >= 4 is 11.6 Å². The SMILES string of the molecule is Cc1cc(N2CC[C@@H](Oc3ccc(C(F)(F)F)cn3)C2=O)ccc1OCC(C)(C)O. The zero-order valence-corrected chi connectivity index (χ0v) is 16.9. The number of alkyl halides is 3. The van der Waals surface area contributed by atoms with E-state index in [-0.39, 0.29) is 18.4 Å². The van der Waals surface area contributed by atoms with Crippen LogP contribution in [0, 0.1) is 6.92 Å². The number of aliphatic hydroxyl groups is 1. The number of benzene rings is 1. The standard InChI is InChI=1S/C21H23F3N2O4/c1-13-10-15(5-6-16(13)29-12-20(2,3)28)26-9-8-17(19(26)27)30-18-7-4-14(11-25-18)21(22,23)24/h4-7,10-11,17,28H,8-9,12H2,1-3H3/t17-/m1/s1. The van der Waals surface area contributed by atoms with E-state index in [4.69, 9.17) is 9.47 Å². The Morgan fingerprint density at radius 3 is 2.53 bits per heavy atom. The lowest BCUT2D eigenvalue weighted by Crippen LogP contribution is -2.32. The quantitative estimate of drug-likeness (QED) is 0.765. The first-order chi connectivity index (χ1) is 13.9. The molecule has 0 unspecified atom stereocenters. The molecule has 0 saturated carbocycles. The first-order valence-electron chi connectivity index (χ1n) is 9.41. The molecule has 1 amide bonds. The van der Waals surface area contributed by atoms with E-state index in [1.807, 2.05) is 6.92 Å². The normalized spacial score (nSPS) is 17.4. The van der Waals surface area contributed by atoms with Crippen LogP contribution in [0.5, 0.6) is 11.6 Å². The molecule has 6 nitrogen and oxygen atoms in total. The van der Waals surface area contributed by atoms with Gasteiger partial charge in [0.2, 0.25) is 5.88 Å². The summed E-state index contributed by atoms with van der Waals surface area (Å²) in [6.07, 6.45) is -4.23. The van der Waals surface area contributed by atoms with Crippen LogP contribution in [0.2, 0.25) is 0 Å². The minimum atomic E-state index is -4.48. The van der Waals surface area contributed by atoms with Gasteiger partial charge in [-0.05, 0) is 50.6 Å². The summed E-state index contributed by atoms with van der Waals surface area (Å²) in [6.45, 7) is 5.67. The van der Waals surface area contributed by atoms with Gasteiger partial charge in [-0.25, -0.2) is 4.98 Å². The molecule has 9 heteroatoms. The molecule has 1 aliphatic rings. The van der Waals surface area contributed by atoms with Crippen molar-refractivity contribution in [3.63, 3.8) is 0 Å². The highest BCUT2D eigenvalue weighted by Crippen LogP contribution is 2.31. The highest BCUT2D eigenvalue weighted by Gasteiger charge is 2.35. The van der Waals surface area contributed by atoms with Crippen LogP contribution < -0.4 is 14.4 Å². The minimum Gasteiger partial charge on any atom is -0.490 e. The molecule has 2 aromatic rings. The summed E-state index contributed by atoms with van der Waals surface area (Å²) >= 11 is 0. The maximum atomic E-state index is 12.7. The Balaban J connectivity index is 1.65. The lowest BCUT2D eigenvalue weighted by atomic mass is 10.1. The first-order valence-corrected chi connectivity index (χ1v) is 9.41. The third-order valence-electron chi connectivity index (χ3n) is 4.53. The molecule has 3 rings (SSSR count). The van der Waals surface area contributed by atoms with Crippen LogP contribution in [0.15, 0.2) is 36.5 Å². The lowest BCUT2D eigenvalue weighted by Gasteiger charge is -2.21. The molecule has 0 bridgehead atoms. The predicted molar refractivity (Wildman–Crippen MR) is 104 cm³/mol. The minimum absolute atomic E-state index is 0.0326. The fraction of sp³-hybridized carbons (Fsp3) is 0.429. The molecular formula is C21H23F3N2O4. The van der Waals surface area contributed by atoms with Crippen molar-refractivity contribution in [2.24, 2.45) is 0 Å². The van der Waals surface area contributed by atoms with Gasteiger partial charge in [0, 0.05) is 30.9 Å². The van der Waals surface area contributed by atoms with Crippen LogP contribution in [0.3, 0.4) is 0 Å². The zero-order valence-electron chi connectivity index (χ0n) is 16.9. The number of amides is 1. The van der Waals surface area contributed by atoms with Gasteiger partial charge in [-0.2, -0.15) is 13.2 Å². The van der Waals surface area contributed by atoms with E-state index in [1.54, 1.807) is 36.9 Å². The average Bonchev–Trinajstić information content (AvgIpc) is 3.00. The summed E-state index contributed by atoms with van der Waals surface area (Å²) in [4.78, 5) is 17.9. The van der Waals surface area contributed by atoms with Crippen LogP contribution in [-0.2, 0) is 11.0 Å². The van der Waals surface area contributed by atoms with Gasteiger partial charge in [0.15, 0.2) is 6.10 Å². The van der Waals surface area contributed by atoms with Crippen molar-refractivity contribution in [3.8, 4) is 11.6 Å². The van der Waals surface area contributed by atoms with Gasteiger partial charge >= 0.3 is 6.18 Å². The lowest BCUT2D eigenvalue weighted by molar-refractivity contribution is -0.138. The van der Waals surface area contributed by atoms with Gasteiger partial charge in [-0.1, -0.05) is 0 Å². The predicted octanol–water partition coefficient (Wildman–Crippen LogP) is 3.74. The molecule has 162 valence electrons. The monoisotopic (exact) mass is 424 g/mol. The Morgan fingerprint density at radius 1 is 1.23 bits per heavy atom. The molecule has 1 N–H and O–H groups in total. The van der Waals surface area contributed by atoms with Gasteiger partial charge in [-0.15, -0.1) is 0 Å². The Labute approximate surface area is 172 Å². The fourth-order valence-electron chi connectivity index (χ4n) is 3.00. The Bertz CT molecular complexity index is 908. The number of aryl methyl sites for hydroxylation is 1. The van der Waals surface area contributed by atoms with Crippen LogP contribution in [0.1, 0.15) is 31.4 Å². The number of halogens is 3. The summed E-state index contributed by atoms with van der Waals surface area (Å²) in [5.41, 5.74) is -0.373. The summed E-state index contributed by atoms with van der Waals surface area (Å²) in [7, 11) is 0. The number of ether oxygens (including phenoxy) is 2. The molecule has 1 saturated heterocycles. The van der Waals surface area contributed by atoms with Gasteiger partial charge in [0.05, 0.1) is 11.2 Å². The maximum absolute atomic E-state index is 12.7. The largest absolute Gasteiger partial charge is 0.490 e. The Morgan fingerprint density at radius 2 is 1.97 bits per heavy atom. The number of rotatable bonds is 6. The molecular weight excluding hydrogens is 401 g/mol. The van der Waals surface area contributed by atoms with Gasteiger partial charge < -0.3 is 19.5 Å². The second kappa shape index (κ2) is 8.14. The van der Waals surface area contributed by atoms with Crippen molar-refractivity contribution < 1.29 is 32.5 Å². The van der Waals surface area contributed by atoms with E-state index in [9.17, 15) is 23.1 Å². The summed E-state index contributed by atoms with van der Waals surface area (Å²) in [5.74, 6) is 0.283. The molecule has 2 heterocycles. The first kappa shape index (κ1) is 21.9. The van der Waals surface area contributed by atoms with E-state index in [1.165, 1.54) is 0 Å². The smallest absolute Gasteiger partial charge is 0.417 e. The van der Waals surface area contributed by atoms with Crippen LogP contribution >= 0.6 is 0 Å². The van der Waals surface area contributed by atoms with Gasteiger partial charge in [-0.3, -0.25) is 4.79 Å². The number of carbonyl (C=O) groups excluding carboxylic acids is 1. The van der Waals surface area contributed by atoms with E-state index in [0.717, 1.165) is 17.7 Å². The number of hydrogen-bond donors (Lipinski definition) is 1. The third-order valence-corrected chi connectivity index (χ3v) is 4.53. The second-order valence-corrected chi connectivity index (χ2v) is 7.82. The van der Waals surface area contributed by atoms with Gasteiger partial charge in [0.1, 0.15) is 12.4 Å². The number of anilines is 1. The van der Waals surface area contributed by atoms with Crippen LogP contribution in [-0.4, -0.2) is 40.9 Å². The molecule has 0 spiro atoms. The number of hydrogen-bond acceptors (Lipinski definition) is 5. The van der Waals surface area contributed by atoms with Crippen LogP contribution in [0.25, 0.3) is 0 Å². The van der Waals surface area contributed by atoms with E-state index >= 15 is 0 Å². The summed E-state index contributed by atoms with van der Waals surface area (Å²) in [6, 6.07) is 7.25. The molecule has 0 aliphatic carbocycles. The maximum Gasteiger partial charge on any atom is 0.417 e. The van der Waals surface area contributed by atoms with Crippen molar-refractivity contribution in [2.45, 2.75) is 45.1 Å². The topological polar surface area (TPSA) is 71.9 Å². The molecule has 30 heavy (non-hydrogen) atoms. The van der Waals surface area contributed by atoms with Crippen molar-refractivity contribution in [2.75, 3.05) is 18.1 Å². The zero-order chi connectivity index (χ0) is 22.1. The Kier molecular flexibility index (Phi) is 5.94. The average molecular weight is 424 g/mol. The molecule has 0 radical (unpaired) electrons. The van der Waals surface area contributed by atoms with Crippen molar-refractivity contribution in [1.82, 2.24) is 4.98 Å². The molecule has 1 fully saturated rings. The van der Waals surface area contributed by atoms with E-state index in [2.05, 4.69) is 4.98 Å². The van der Waals surface area contributed by atoms with Gasteiger partial charge in [0.25, 0.3) is 5.91 Å². The Hall–Kier alpha value is -2.81. The summed E-state index contributed by atoms with van der Waals surface area (Å²) < 4.78 is 49.0. The van der Waals surface area contributed by atoms with Crippen LogP contribution in [0.4, 0.5) is 18.9 Å². The molecule has 1 aromatic heterocycles. The third kappa shape index (κ3) is 5.21. The fourth-order valence-corrected chi connectivity index (χ4v) is 3.00. The number of pyridine rings is 1. The van der Waals surface area contributed by atoms with Crippen molar-refractivity contribution in [3.05, 3.63) is 47.7 Å². The number of carbonyl (C=O) groups is 1. The van der Waals surface area contributed by atoms with Crippen molar-refractivity contribution in [1.29, 1.82) is 0 Å². The highest BCUT2D eigenvalue weighted by atomic mass is 19.4. The number of nitrogens with zero attached hydrogens (tertiary/aromatic N) is 2. The second-order valence-electron chi connectivity index (χ2n) is 7.82. The van der Waals surface area contributed by atoms with E-state index in [0.29, 0.717) is 30.6 Å². The molecule has 1 atom stereocenters.